The first-order valence-corrected chi connectivity index (χ1v) is 5.83. The van der Waals surface area contributed by atoms with E-state index in [4.69, 9.17) is 10.00 Å². The number of benzene rings is 1. The maximum Gasteiger partial charge on any atom is 0.144 e. The summed E-state index contributed by atoms with van der Waals surface area (Å²) in [6.07, 6.45) is 2.35. The number of hydrogen-bond acceptors (Lipinski definition) is 3. The molecule has 1 aromatic heterocycles. The van der Waals surface area contributed by atoms with Crippen molar-refractivity contribution in [3.05, 3.63) is 41.2 Å². The summed E-state index contributed by atoms with van der Waals surface area (Å²) in [6.45, 7) is 4.03. The number of rotatable bonds is 3. The molecule has 4 nitrogen and oxygen atoms in total. The van der Waals surface area contributed by atoms with Crippen LogP contribution in [0.5, 0.6) is 5.75 Å². The molecule has 0 aliphatic rings. The van der Waals surface area contributed by atoms with E-state index in [0.717, 1.165) is 29.1 Å². The van der Waals surface area contributed by atoms with E-state index in [1.807, 2.05) is 32.0 Å². The minimum absolute atomic E-state index is 0.612. The van der Waals surface area contributed by atoms with Gasteiger partial charge in [0.05, 0.1) is 24.6 Å². The van der Waals surface area contributed by atoms with Crippen molar-refractivity contribution in [3.8, 4) is 17.5 Å². The lowest BCUT2D eigenvalue weighted by molar-refractivity contribution is 0.411. The van der Waals surface area contributed by atoms with Crippen molar-refractivity contribution in [2.45, 2.75) is 20.3 Å². The molecule has 0 spiro atoms. The first-order chi connectivity index (χ1) is 8.71. The standard InChI is InChI=1S/C14H15N3O/c1-4-12-11(8-15)9-16-17(12)13-7-10(2)5-6-14(13)18-3/h5-7,9H,4H2,1-3H3. The van der Waals surface area contributed by atoms with Gasteiger partial charge in [-0.25, -0.2) is 4.68 Å². The molecule has 92 valence electrons. The van der Waals surface area contributed by atoms with Crippen LogP contribution in [0.4, 0.5) is 0 Å². The molecule has 0 saturated heterocycles. The Kier molecular flexibility index (Phi) is 3.33. The summed E-state index contributed by atoms with van der Waals surface area (Å²) in [6, 6.07) is 8.07. The molecule has 0 bridgehead atoms. The van der Waals surface area contributed by atoms with Gasteiger partial charge in [0.15, 0.2) is 0 Å². The summed E-state index contributed by atoms with van der Waals surface area (Å²) in [7, 11) is 1.63. The number of nitrogens with zero attached hydrogens (tertiary/aromatic N) is 3. The van der Waals surface area contributed by atoms with Gasteiger partial charge in [-0.05, 0) is 31.0 Å². The van der Waals surface area contributed by atoms with Crippen LogP contribution >= 0.6 is 0 Å². The molecule has 0 aliphatic heterocycles. The van der Waals surface area contributed by atoms with Gasteiger partial charge in [0.2, 0.25) is 0 Å². The lowest BCUT2D eigenvalue weighted by Gasteiger charge is -2.12. The van der Waals surface area contributed by atoms with E-state index < -0.39 is 0 Å². The predicted octanol–water partition coefficient (Wildman–Crippen LogP) is 2.62. The van der Waals surface area contributed by atoms with Gasteiger partial charge < -0.3 is 4.74 Å². The Morgan fingerprint density at radius 3 is 2.83 bits per heavy atom. The Hall–Kier alpha value is -2.28. The molecule has 18 heavy (non-hydrogen) atoms. The van der Waals surface area contributed by atoms with Crippen molar-refractivity contribution in [3.63, 3.8) is 0 Å². The zero-order valence-electron chi connectivity index (χ0n) is 10.8. The van der Waals surface area contributed by atoms with Crippen molar-refractivity contribution in [2.75, 3.05) is 7.11 Å². The highest BCUT2D eigenvalue weighted by Gasteiger charge is 2.13. The second kappa shape index (κ2) is 4.92. The van der Waals surface area contributed by atoms with Gasteiger partial charge in [0.25, 0.3) is 0 Å². The van der Waals surface area contributed by atoms with E-state index in [1.165, 1.54) is 0 Å². The molecular weight excluding hydrogens is 226 g/mol. The summed E-state index contributed by atoms with van der Waals surface area (Å²) < 4.78 is 7.14. The average Bonchev–Trinajstić information content (AvgIpc) is 2.81. The quantitative estimate of drug-likeness (QED) is 0.830. The van der Waals surface area contributed by atoms with Gasteiger partial charge in [-0.1, -0.05) is 13.0 Å². The Bertz CT molecular complexity index is 608. The Morgan fingerprint density at radius 2 is 2.22 bits per heavy atom. The summed E-state index contributed by atoms with van der Waals surface area (Å²) in [5.41, 5.74) is 3.51. The van der Waals surface area contributed by atoms with Crippen LogP contribution in [-0.2, 0) is 6.42 Å². The highest BCUT2D eigenvalue weighted by Crippen LogP contribution is 2.25. The zero-order valence-corrected chi connectivity index (χ0v) is 10.8. The van der Waals surface area contributed by atoms with E-state index in [1.54, 1.807) is 18.0 Å². The van der Waals surface area contributed by atoms with Gasteiger partial charge in [-0.3, -0.25) is 0 Å². The monoisotopic (exact) mass is 241 g/mol. The van der Waals surface area contributed by atoms with Crippen LogP contribution in [0.1, 0.15) is 23.7 Å². The third-order valence-corrected chi connectivity index (χ3v) is 2.89. The molecule has 0 fully saturated rings. The lowest BCUT2D eigenvalue weighted by atomic mass is 10.2. The molecule has 0 N–H and O–H groups in total. The van der Waals surface area contributed by atoms with E-state index >= 15 is 0 Å². The van der Waals surface area contributed by atoms with Crippen LogP contribution in [0.25, 0.3) is 5.69 Å². The molecule has 2 rings (SSSR count). The summed E-state index contributed by atoms with van der Waals surface area (Å²) >= 11 is 0. The third-order valence-electron chi connectivity index (χ3n) is 2.89. The summed E-state index contributed by atoms with van der Waals surface area (Å²) in [5, 5.41) is 13.3. The van der Waals surface area contributed by atoms with Gasteiger partial charge in [-0.2, -0.15) is 10.4 Å². The molecule has 0 unspecified atom stereocenters. The predicted molar refractivity (Wildman–Crippen MR) is 68.9 cm³/mol. The molecule has 0 aliphatic carbocycles. The largest absolute Gasteiger partial charge is 0.494 e. The van der Waals surface area contributed by atoms with E-state index in [-0.39, 0.29) is 0 Å². The van der Waals surface area contributed by atoms with E-state index in [9.17, 15) is 0 Å². The molecule has 0 radical (unpaired) electrons. The van der Waals surface area contributed by atoms with Crippen LogP contribution in [0.2, 0.25) is 0 Å². The van der Waals surface area contributed by atoms with Crippen LogP contribution in [0.15, 0.2) is 24.4 Å². The number of aryl methyl sites for hydroxylation is 1. The highest BCUT2D eigenvalue weighted by molar-refractivity contribution is 5.50. The Morgan fingerprint density at radius 1 is 1.44 bits per heavy atom. The first-order valence-electron chi connectivity index (χ1n) is 5.83. The maximum atomic E-state index is 9.06. The topological polar surface area (TPSA) is 50.8 Å². The van der Waals surface area contributed by atoms with E-state index in [0.29, 0.717) is 5.56 Å². The highest BCUT2D eigenvalue weighted by atomic mass is 16.5. The summed E-state index contributed by atoms with van der Waals surface area (Å²) in [5.74, 6) is 0.753. The molecule has 4 heteroatoms. The number of nitriles is 1. The number of ether oxygens (including phenoxy) is 1. The fraction of sp³-hybridized carbons (Fsp3) is 0.286. The molecule has 1 aromatic carbocycles. The molecule has 1 heterocycles. The SMILES string of the molecule is CCc1c(C#N)cnn1-c1cc(C)ccc1OC. The summed E-state index contributed by atoms with van der Waals surface area (Å²) in [4.78, 5) is 0. The normalized spacial score (nSPS) is 10.1. The van der Waals surface area contributed by atoms with Gasteiger partial charge >= 0.3 is 0 Å². The first kappa shape index (κ1) is 12.2. The van der Waals surface area contributed by atoms with Crippen molar-refractivity contribution in [1.29, 1.82) is 5.26 Å². The van der Waals surface area contributed by atoms with Crippen LogP contribution < -0.4 is 4.74 Å². The van der Waals surface area contributed by atoms with Gasteiger partial charge in [-0.15, -0.1) is 0 Å². The second-order valence-electron chi connectivity index (χ2n) is 4.06. The number of hydrogen-bond donors (Lipinski definition) is 0. The minimum Gasteiger partial charge on any atom is -0.494 e. The smallest absolute Gasteiger partial charge is 0.144 e. The van der Waals surface area contributed by atoms with Crippen molar-refractivity contribution < 1.29 is 4.74 Å². The van der Waals surface area contributed by atoms with E-state index in [2.05, 4.69) is 11.2 Å². The average molecular weight is 241 g/mol. The molecule has 0 amide bonds. The molecule has 0 saturated carbocycles. The van der Waals surface area contributed by atoms with Crippen LogP contribution in [-0.4, -0.2) is 16.9 Å². The van der Waals surface area contributed by atoms with Crippen LogP contribution in [0.3, 0.4) is 0 Å². The van der Waals surface area contributed by atoms with Crippen LogP contribution in [0, 0.1) is 18.3 Å². The number of aromatic nitrogens is 2. The zero-order chi connectivity index (χ0) is 13.1. The van der Waals surface area contributed by atoms with Gasteiger partial charge in [0.1, 0.15) is 17.5 Å². The molecule has 0 atom stereocenters. The minimum atomic E-state index is 0.612. The lowest BCUT2D eigenvalue weighted by Crippen LogP contribution is -2.04. The Balaban J connectivity index is 2.65. The third kappa shape index (κ3) is 1.95. The fourth-order valence-electron chi connectivity index (χ4n) is 1.98. The fourth-order valence-corrected chi connectivity index (χ4v) is 1.98. The molecular formula is C14H15N3O. The number of methoxy groups -OCH3 is 1. The second-order valence-corrected chi connectivity index (χ2v) is 4.06. The Labute approximate surface area is 106 Å². The maximum absolute atomic E-state index is 9.06. The van der Waals surface area contributed by atoms with Crippen molar-refractivity contribution in [1.82, 2.24) is 9.78 Å². The van der Waals surface area contributed by atoms with Gasteiger partial charge in [0, 0.05) is 0 Å². The molecule has 2 aromatic rings. The van der Waals surface area contributed by atoms with Crippen molar-refractivity contribution >= 4 is 0 Å². The van der Waals surface area contributed by atoms with Crippen molar-refractivity contribution in [2.24, 2.45) is 0 Å².